The second-order valence-corrected chi connectivity index (χ2v) is 5.42. The second-order valence-electron chi connectivity index (χ2n) is 5.42. The predicted molar refractivity (Wildman–Crippen MR) is 83.2 cm³/mol. The number of aryl methyl sites for hydroxylation is 2. The van der Waals surface area contributed by atoms with Crippen molar-refractivity contribution in [1.82, 2.24) is 14.5 Å². The maximum Gasteiger partial charge on any atom is 0.123 e. The van der Waals surface area contributed by atoms with Crippen LogP contribution < -0.4 is 5.73 Å². The minimum absolute atomic E-state index is 0.522. The van der Waals surface area contributed by atoms with Gasteiger partial charge in [0.25, 0.3) is 0 Å². The molecule has 1 aliphatic rings. The number of nitrogens with zero attached hydrogens (tertiary/aromatic N) is 3. The number of hydrogen-bond donors (Lipinski definition) is 1. The van der Waals surface area contributed by atoms with E-state index < -0.39 is 0 Å². The molecule has 4 heteroatoms. The molecule has 2 N–H and O–H groups in total. The number of fused-ring (bicyclic) bond motifs is 1. The Kier molecular flexibility index (Phi) is 2.74. The van der Waals surface area contributed by atoms with Crippen molar-refractivity contribution in [3.05, 3.63) is 60.2 Å². The lowest BCUT2D eigenvalue weighted by atomic mass is 10.1. The van der Waals surface area contributed by atoms with Crippen LogP contribution >= 0.6 is 0 Å². The van der Waals surface area contributed by atoms with Crippen LogP contribution in [0.3, 0.4) is 0 Å². The van der Waals surface area contributed by atoms with Crippen molar-refractivity contribution < 1.29 is 0 Å². The second kappa shape index (κ2) is 4.74. The number of imidazole rings is 1. The highest BCUT2D eigenvalue weighted by atomic mass is 15.0. The zero-order valence-electron chi connectivity index (χ0n) is 11.7. The van der Waals surface area contributed by atoms with Gasteiger partial charge in [0, 0.05) is 17.4 Å². The third-order valence-electron chi connectivity index (χ3n) is 4.08. The highest BCUT2D eigenvalue weighted by Crippen LogP contribution is 2.28. The lowest BCUT2D eigenvalue weighted by Crippen LogP contribution is -1.98. The van der Waals surface area contributed by atoms with Gasteiger partial charge in [0.1, 0.15) is 5.82 Å². The first kappa shape index (κ1) is 12.1. The van der Waals surface area contributed by atoms with Crippen LogP contribution in [-0.4, -0.2) is 14.5 Å². The molecule has 0 bridgehead atoms. The maximum atomic E-state index is 5.79. The fourth-order valence-corrected chi connectivity index (χ4v) is 3.03. The Balaban J connectivity index is 1.82. The summed E-state index contributed by atoms with van der Waals surface area (Å²) >= 11 is 0. The molecule has 0 fully saturated rings. The molecule has 4 nitrogen and oxygen atoms in total. The zero-order chi connectivity index (χ0) is 14.2. The summed E-state index contributed by atoms with van der Waals surface area (Å²) in [4.78, 5) is 8.35. The van der Waals surface area contributed by atoms with E-state index >= 15 is 0 Å². The molecular formula is C17H16N4. The lowest BCUT2D eigenvalue weighted by molar-refractivity contribution is 0.911. The van der Waals surface area contributed by atoms with E-state index in [2.05, 4.69) is 32.7 Å². The van der Waals surface area contributed by atoms with E-state index in [1.165, 1.54) is 30.4 Å². The quantitative estimate of drug-likeness (QED) is 0.782. The van der Waals surface area contributed by atoms with Crippen molar-refractivity contribution in [2.45, 2.75) is 19.3 Å². The van der Waals surface area contributed by atoms with Gasteiger partial charge in [0.2, 0.25) is 0 Å². The average molecular weight is 276 g/mol. The summed E-state index contributed by atoms with van der Waals surface area (Å²) in [7, 11) is 0. The number of hydrogen-bond acceptors (Lipinski definition) is 3. The first-order valence-electron chi connectivity index (χ1n) is 7.18. The molecule has 0 spiro atoms. The number of anilines is 1. The van der Waals surface area contributed by atoms with Crippen LogP contribution in [0.1, 0.15) is 17.5 Å². The predicted octanol–water partition coefficient (Wildman–Crippen LogP) is 3.01. The van der Waals surface area contributed by atoms with Crippen LogP contribution in [0.4, 0.5) is 5.82 Å². The molecule has 2 heterocycles. The van der Waals surface area contributed by atoms with E-state index in [9.17, 15) is 0 Å². The van der Waals surface area contributed by atoms with Crippen molar-refractivity contribution in [1.29, 1.82) is 0 Å². The zero-order valence-corrected chi connectivity index (χ0v) is 11.7. The normalized spacial score (nSPS) is 13.3. The Hall–Kier alpha value is -2.62. The van der Waals surface area contributed by atoms with E-state index in [4.69, 9.17) is 5.73 Å². The van der Waals surface area contributed by atoms with Gasteiger partial charge in [-0.05, 0) is 54.7 Å². The Morgan fingerprint density at radius 1 is 1.05 bits per heavy atom. The minimum atomic E-state index is 0.522. The van der Waals surface area contributed by atoms with Gasteiger partial charge in [0.15, 0.2) is 0 Å². The van der Waals surface area contributed by atoms with Gasteiger partial charge in [-0.15, -0.1) is 0 Å². The van der Waals surface area contributed by atoms with Crippen LogP contribution in [0.15, 0.2) is 49.1 Å². The summed E-state index contributed by atoms with van der Waals surface area (Å²) in [5.41, 5.74) is 11.9. The number of benzene rings is 1. The van der Waals surface area contributed by atoms with Crippen LogP contribution in [0.2, 0.25) is 0 Å². The van der Waals surface area contributed by atoms with Gasteiger partial charge in [-0.25, -0.2) is 9.97 Å². The van der Waals surface area contributed by atoms with Crippen LogP contribution in [-0.2, 0) is 12.8 Å². The molecule has 1 aliphatic carbocycles. The minimum Gasteiger partial charge on any atom is -0.384 e. The number of nitrogen functional groups attached to an aromatic ring is 1. The first-order chi connectivity index (χ1) is 10.3. The van der Waals surface area contributed by atoms with E-state index in [0.717, 1.165) is 16.9 Å². The summed E-state index contributed by atoms with van der Waals surface area (Å²) in [5.74, 6) is 0.522. The molecule has 2 aromatic heterocycles. The fraction of sp³-hybridized carbons (Fsp3) is 0.176. The Morgan fingerprint density at radius 3 is 2.86 bits per heavy atom. The Labute approximate surface area is 123 Å². The number of nitrogens with two attached hydrogens (primary N) is 1. The summed E-state index contributed by atoms with van der Waals surface area (Å²) in [6, 6.07) is 10.5. The van der Waals surface area contributed by atoms with Gasteiger partial charge in [-0.1, -0.05) is 6.07 Å². The van der Waals surface area contributed by atoms with E-state index in [-0.39, 0.29) is 0 Å². The fourth-order valence-electron chi connectivity index (χ4n) is 3.03. The molecule has 21 heavy (non-hydrogen) atoms. The highest BCUT2D eigenvalue weighted by molar-refractivity contribution is 5.64. The topological polar surface area (TPSA) is 56.7 Å². The molecule has 4 rings (SSSR count). The summed E-state index contributed by atoms with van der Waals surface area (Å²) in [5, 5.41) is 0. The van der Waals surface area contributed by atoms with Crippen LogP contribution in [0.5, 0.6) is 0 Å². The Morgan fingerprint density at radius 2 is 1.95 bits per heavy atom. The maximum absolute atomic E-state index is 5.79. The Bertz CT molecular complexity index is 804. The molecule has 0 saturated heterocycles. The van der Waals surface area contributed by atoms with Crippen molar-refractivity contribution in [2.75, 3.05) is 5.73 Å². The molecule has 0 unspecified atom stereocenters. The van der Waals surface area contributed by atoms with Gasteiger partial charge >= 0.3 is 0 Å². The van der Waals surface area contributed by atoms with E-state index in [1.807, 2.05) is 24.7 Å². The summed E-state index contributed by atoms with van der Waals surface area (Å²) < 4.78 is 2.10. The monoisotopic (exact) mass is 276 g/mol. The van der Waals surface area contributed by atoms with Crippen molar-refractivity contribution in [3.8, 4) is 16.9 Å². The number of aromatic nitrogens is 3. The van der Waals surface area contributed by atoms with Gasteiger partial charge in [0.05, 0.1) is 18.2 Å². The van der Waals surface area contributed by atoms with Crippen LogP contribution in [0, 0.1) is 0 Å². The largest absolute Gasteiger partial charge is 0.384 e. The van der Waals surface area contributed by atoms with Gasteiger partial charge in [-0.2, -0.15) is 0 Å². The van der Waals surface area contributed by atoms with Gasteiger partial charge < -0.3 is 5.73 Å². The van der Waals surface area contributed by atoms with Crippen molar-refractivity contribution in [2.24, 2.45) is 0 Å². The molecule has 0 saturated carbocycles. The van der Waals surface area contributed by atoms with Crippen LogP contribution in [0.25, 0.3) is 16.9 Å². The molecule has 0 radical (unpaired) electrons. The van der Waals surface area contributed by atoms with E-state index in [1.54, 1.807) is 6.20 Å². The third kappa shape index (κ3) is 2.09. The molecule has 3 aromatic rings. The third-order valence-corrected chi connectivity index (χ3v) is 4.08. The molecule has 104 valence electrons. The molecule has 1 aromatic carbocycles. The molecule has 0 amide bonds. The first-order valence-corrected chi connectivity index (χ1v) is 7.18. The van der Waals surface area contributed by atoms with Crippen molar-refractivity contribution in [3.63, 3.8) is 0 Å². The molecule has 0 atom stereocenters. The lowest BCUT2D eigenvalue weighted by Gasteiger charge is -2.10. The molecular weight excluding hydrogens is 260 g/mol. The van der Waals surface area contributed by atoms with Gasteiger partial charge in [-0.3, -0.25) is 4.57 Å². The number of rotatable bonds is 2. The SMILES string of the molecule is Nc1cc(-c2cncn2-c2ccc3c(c2)CCC3)ccn1. The summed E-state index contributed by atoms with van der Waals surface area (Å²) in [6.45, 7) is 0. The highest BCUT2D eigenvalue weighted by Gasteiger charge is 2.13. The smallest absolute Gasteiger partial charge is 0.123 e. The molecule has 0 aliphatic heterocycles. The van der Waals surface area contributed by atoms with Crippen molar-refractivity contribution >= 4 is 5.82 Å². The standard InChI is InChI=1S/C17H16N4/c18-17-9-14(6-7-20-17)16-10-19-11-21(16)15-5-4-12-2-1-3-13(12)8-15/h4-11H,1-3H2,(H2,18,20). The number of pyridine rings is 1. The average Bonchev–Trinajstić information content (AvgIpc) is 3.15. The van der Waals surface area contributed by atoms with E-state index in [0.29, 0.717) is 5.82 Å². The summed E-state index contributed by atoms with van der Waals surface area (Å²) in [6.07, 6.45) is 9.08.